The normalized spacial score (nSPS) is 16.5. The summed E-state index contributed by atoms with van der Waals surface area (Å²) in [5.74, 6) is 5.74. The molecule has 1 aliphatic heterocycles. The molecule has 0 radical (unpaired) electrons. The van der Waals surface area contributed by atoms with Crippen molar-refractivity contribution in [1.82, 2.24) is 4.90 Å². The summed E-state index contributed by atoms with van der Waals surface area (Å²) in [6.07, 6.45) is 3.59. The summed E-state index contributed by atoms with van der Waals surface area (Å²) in [7, 11) is 0. The summed E-state index contributed by atoms with van der Waals surface area (Å²) in [6, 6.07) is 6.99. The van der Waals surface area contributed by atoms with Crippen LogP contribution in [0.2, 0.25) is 0 Å². The Morgan fingerprint density at radius 3 is 2.39 bits per heavy atom. The number of hydrogen-bond donors (Lipinski definition) is 2. The number of likely N-dealkylation sites (tertiary alicyclic amines) is 1. The third-order valence-electron chi connectivity index (χ3n) is 3.25. The van der Waals surface area contributed by atoms with E-state index in [0.717, 1.165) is 13.1 Å². The molecule has 4 N–H and O–H groups in total. The van der Waals surface area contributed by atoms with Crippen LogP contribution >= 0.6 is 0 Å². The van der Waals surface area contributed by atoms with Crippen LogP contribution in [0.5, 0.6) is 0 Å². The largest absolute Gasteiger partial charge is 0.399 e. The Labute approximate surface area is 107 Å². The number of anilines is 2. The van der Waals surface area contributed by atoms with E-state index in [1.165, 1.54) is 24.3 Å². The van der Waals surface area contributed by atoms with Crippen LogP contribution in [0, 0.1) is 0 Å². The van der Waals surface area contributed by atoms with E-state index in [0.29, 0.717) is 17.9 Å². The SMILES string of the molecule is Nc1ccc(N(N)C(=O)CN2CCCCC2)cc1. The second kappa shape index (κ2) is 5.84. The van der Waals surface area contributed by atoms with Crippen LogP contribution in [0.3, 0.4) is 0 Å². The van der Waals surface area contributed by atoms with Crippen molar-refractivity contribution in [3.63, 3.8) is 0 Å². The first-order valence-electron chi connectivity index (χ1n) is 6.32. The van der Waals surface area contributed by atoms with Gasteiger partial charge in [0.2, 0.25) is 0 Å². The first kappa shape index (κ1) is 12.9. The number of amides is 1. The fraction of sp³-hybridized carbons (Fsp3) is 0.462. The average Bonchev–Trinajstić information content (AvgIpc) is 2.40. The van der Waals surface area contributed by atoms with Crippen molar-refractivity contribution >= 4 is 17.3 Å². The molecular formula is C13H20N4O. The lowest BCUT2D eigenvalue weighted by Gasteiger charge is -2.27. The van der Waals surface area contributed by atoms with Crippen LogP contribution in [0.25, 0.3) is 0 Å². The van der Waals surface area contributed by atoms with Gasteiger partial charge in [0.25, 0.3) is 5.91 Å². The number of nitrogens with zero attached hydrogens (tertiary/aromatic N) is 2. The number of carbonyl (C=O) groups excluding carboxylic acids is 1. The van der Waals surface area contributed by atoms with E-state index in [-0.39, 0.29) is 5.91 Å². The lowest BCUT2D eigenvalue weighted by Crippen LogP contribution is -2.45. The van der Waals surface area contributed by atoms with Gasteiger partial charge in [-0.1, -0.05) is 6.42 Å². The second-order valence-electron chi connectivity index (χ2n) is 4.69. The molecule has 0 unspecified atom stereocenters. The van der Waals surface area contributed by atoms with Gasteiger partial charge in [0, 0.05) is 5.69 Å². The molecule has 0 aromatic heterocycles. The number of hydrogen-bond acceptors (Lipinski definition) is 4. The fourth-order valence-electron chi connectivity index (χ4n) is 2.16. The number of hydrazine groups is 1. The summed E-state index contributed by atoms with van der Waals surface area (Å²) in [5, 5.41) is 1.20. The molecule has 1 amide bonds. The molecule has 0 atom stereocenters. The van der Waals surface area contributed by atoms with E-state index < -0.39 is 0 Å². The first-order valence-corrected chi connectivity index (χ1v) is 6.32. The zero-order valence-corrected chi connectivity index (χ0v) is 10.5. The molecular weight excluding hydrogens is 228 g/mol. The summed E-state index contributed by atoms with van der Waals surface area (Å²) >= 11 is 0. The molecule has 98 valence electrons. The molecule has 5 heteroatoms. The van der Waals surface area contributed by atoms with Crippen molar-refractivity contribution in [2.24, 2.45) is 5.84 Å². The van der Waals surface area contributed by atoms with Crippen molar-refractivity contribution in [2.45, 2.75) is 19.3 Å². The van der Waals surface area contributed by atoms with Crippen LogP contribution in [-0.2, 0) is 4.79 Å². The third kappa shape index (κ3) is 3.21. The van der Waals surface area contributed by atoms with E-state index in [2.05, 4.69) is 4.90 Å². The van der Waals surface area contributed by atoms with E-state index >= 15 is 0 Å². The minimum absolute atomic E-state index is 0.0818. The minimum Gasteiger partial charge on any atom is -0.399 e. The number of carbonyl (C=O) groups is 1. The Bertz CT molecular complexity index is 398. The van der Waals surface area contributed by atoms with Gasteiger partial charge in [0.15, 0.2) is 0 Å². The predicted molar refractivity (Wildman–Crippen MR) is 72.8 cm³/mol. The second-order valence-corrected chi connectivity index (χ2v) is 4.69. The number of piperidine rings is 1. The fourth-order valence-corrected chi connectivity index (χ4v) is 2.16. The highest BCUT2D eigenvalue weighted by Gasteiger charge is 2.17. The Morgan fingerprint density at radius 1 is 1.17 bits per heavy atom. The van der Waals surface area contributed by atoms with Gasteiger partial charge in [-0.3, -0.25) is 9.69 Å². The monoisotopic (exact) mass is 248 g/mol. The van der Waals surface area contributed by atoms with E-state index in [1.807, 2.05) is 0 Å². The van der Waals surface area contributed by atoms with Crippen molar-refractivity contribution < 1.29 is 4.79 Å². The summed E-state index contributed by atoms with van der Waals surface area (Å²) in [4.78, 5) is 14.2. The molecule has 1 saturated heterocycles. The van der Waals surface area contributed by atoms with Gasteiger partial charge in [0.1, 0.15) is 0 Å². The van der Waals surface area contributed by atoms with Crippen LogP contribution in [-0.4, -0.2) is 30.4 Å². The number of benzene rings is 1. The molecule has 0 spiro atoms. The van der Waals surface area contributed by atoms with Crippen molar-refractivity contribution in [1.29, 1.82) is 0 Å². The molecule has 2 rings (SSSR count). The summed E-state index contributed by atoms with van der Waals surface area (Å²) in [6.45, 7) is 2.36. The van der Waals surface area contributed by atoms with E-state index in [9.17, 15) is 4.79 Å². The van der Waals surface area contributed by atoms with Crippen LogP contribution in [0.1, 0.15) is 19.3 Å². The Hall–Kier alpha value is -1.59. The van der Waals surface area contributed by atoms with E-state index in [4.69, 9.17) is 11.6 Å². The lowest BCUT2D eigenvalue weighted by atomic mass is 10.1. The molecule has 0 aliphatic carbocycles. The lowest BCUT2D eigenvalue weighted by molar-refractivity contribution is -0.120. The molecule has 0 bridgehead atoms. The first-order chi connectivity index (χ1) is 8.66. The van der Waals surface area contributed by atoms with Crippen LogP contribution in [0.15, 0.2) is 24.3 Å². The molecule has 0 saturated carbocycles. The molecule has 5 nitrogen and oxygen atoms in total. The topological polar surface area (TPSA) is 75.6 Å². The van der Waals surface area contributed by atoms with Gasteiger partial charge < -0.3 is 5.73 Å². The predicted octanol–water partition coefficient (Wildman–Crippen LogP) is 0.961. The minimum atomic E-state index is -0.0818. The Morgan fingerprint density at radius 2 is 1.78 bits per heavy atom. The molecule has 1 aliphatic rings. The molecule has 18 heavy (non-hydrogen) atoms. The zero-order valence-electron chi connectivity index (χ0n) is 10.5. The van der Waals surface area contributed by atoms with Gasteiger partial charge in [-0.25, -0.2) is 10.9 Å². The Kier molecular flexibility index (Phi) is 4.17. The maximum Gasteiger partial charge on any atom is 0.255 e. The van der Waals surface area contributed by atoms with Crippen LogP contribution < -0.4 is 16.6 Å². The summed E-state index contributed by atoms with van der Waals surface area (Å²) < 4.78 is 0. The highest BCUT2D eigenvalue weighted by molar-refractivity contribution is 5.93. The van der Waals surface area contributed by atoms with Gasteiger partial charge in [-0.15, -0.1) is 0 Å². The van der Waals surface area contributed by atoms with E-state index in [1.54, 1.807) is 24.3 Å². The van der Waals surface area contributed by atoms with Gasteiger partial charge >= 0.3 is 0 Å². The van der Waals surface area contributed by atoms with Gasteiger partial charge in [0.05, 0.1) is 12.2 Å². The summed E-state index contributed by atoms with van der Waals surface area (Å²) in [5.41, 5.74) is 6.93. The zero-order chi connectivity index (χ0) is 13.0. The van der Waals surface area contributed by atoms with Crippen molar-refractivity contribution in [3.05, 3.63) is 24.3 Å². The van der Waals surface area contributed by atoms with Gasteiger partial charge in [-0.2, -0.15) is 0 Å². The maximum atomic E-state index is 12.0. The molecule has 1 aromatic carbocycles. The average molecular weight is 248 g/mol. The Balaban J connectivity index is 1.93. The molecule has 1 heterocycles. The molecule has 1 aromatic rings. The van der Waals surface area contributed by atoms with Crippen LogP contribution in [0.4, 0.5) is 11.4 Å². The quantitative estimate of drug-likeness (QED) is 0.361. The highest BCUT2D eigenvalue weighted by atomic mass is 16.2. The third-order valence-corrected chi connectivity index (χ3v) is 3.25. The highest BCUT2D eigenvalue weighted by Crippen LogP contribution is 2.14. The maximum absolute atomic E-state index is 12.0. The standard InChI is InChI=1S/C13H20N4O/c14-11-4-6-12(7-5-11)17(15)13(18)10-16-8-2-1-3-9-16/h4-7H,1-3,8-10,14-15H2. The number of nitrogen functional groups attached to an aromatic ring is 1. The number of rotatable bonds is 3. The number of nitrogens with two attached hydrogens (primary N) is 2. The van der Waals surface area contributed by atoms with Crippen molar-refractivity contribution in [2.75, 3.05) is 30.4 Å². The smallest absolute Gasteiger partial charge is 0.255 e. The van der Waals surface area contributed by atoms with Gasteiger partial charge in [-0.05, 0) is 50.2 Å². The molecule has 1 fully saturated rings. The van der Waals surface area contributed by atoms with Crippen molar-refractivity contribution in [3.8, 4) is 0 Å².